The molecule has 1 heterocycles. The second-order valence-corrected chi connectivity index (χ2v) is 8.31. The van der Waals surface area contributed by atoms with Gasteiger partial charge in [0.1, 0.15) is 0 Å². The average Bonchev–Trinajstić information content (AvgIpc) is 3.58. The molecule has 3 aromatic carbocycles. The summed E-state index contributed by atoms with van der Waals surface area (Å²) < 4.78 is 2.24. The lowest BCUT2D eigenvalue weighted by atomic mass is 9.78. The Kier molecular flexibility index (Phi) is 4.29. The summed E-state index contributed by atoms with van der Waals surface area (Å²) in [7, 11) is 2.14. The Morgan fingerprint density at radius 2 is 1.55 bits per heavy atom. The van der Waals surface area contributed by atoms with Gasteiger partial charge in [-0.1, -0.05) is 78.6 Å². The molecular formula is C28H25N. The van der Waals surface area contributed by atoms with Crippen LogP contribution < -0.4 is 0 Å². The number of para-hydroxylation sites is 1. The predicted molar refractivity (Wildman–Crippen MR) is 122 cm³/mol. The van der Waals surface area contributed by atoms with Gasteiger partial charge in [-0.25, -0.2) is 0 Å². The van der Waals surface area contributed by atoms with Crippen LogP contribution in [0.2, 0.25) is 0 Å². The van der Waals surface area contributed by atoms with Gasteiger partial charge in [0.2, 0.25) is 0 Å². The summed E-state index contributed by atoms with van der Waals surface area (Å²) in [6.07, 6.45) is 4.81. The highest BCUT2D eigenvalue weighted by Crippen LogP contribution is 2.49. The maximum absolute atomic E-state index is 3.74. The third-order valence-corrected chi connectivity index (χ3v) is 6.32. The molecule has 1 saturated carbocycles. The van der Waals surface area contributed by atoms with Gasteiger partial charge in [0.05, 0.1) is 5.41 Å². The van der Waals surface area contributed by atoms with Crippen LogP contribution in [0.25, 0.3) is 22.0 Å². The van der Waals surface area contributed by atoms with E-state index in [0.29, 0.717) is 5.92 Å². The number of fused-ring (bicyclic) bond motifs is 1. The first-order valence-corrected chi connectivity index (χ1v) is 10.4. The largest absolute Gasteiger partial charge is 0.350 e. The number of hydrogen-bond donors (Lipinski definition) is 0. The predicted octanol–water partition coefficient (Wildman–Crippen LogP) is 6.56. The fraction of sp³-hybridized carbons (Fsp3) is 0.214. The molecule has 1 aromatic heterocycles. The number of aromatic nitrogens is 1. The molecule has 0 amide bonds. The van der Waals surface area contributed by atoms with Crippen LogP contribution in [0.15, 0.2) is 85.1 Å². The van der Waals surface area contributed by atoms with E-state index >= 15 is 0 Å². The lowest BCUT2D eigenvalue weighted by Gasteiger charge is -2.23. The van der Waals surface area contributed by atoms with Gasteiger partial charge in [-0.05, 0) is 54.5 Å². The van der Waals surface area contributed by atoms with Gasteiger partial charge in [-0.2, -0.15) is 0 Å². The maximum Gasteiger partial charge on any atom is 0.0587 e. The molecule has 1 nitrogen and oxygen atoms in total. The van der Waals surface area contributed by atoms with Gasteiger partial charge in [-0.3, -0.25) is 0 Å². The Hall–Kier alpha value is -3.24. The van der Waals surface area contributed by atoms with E-state index in [4.69, 9.17) is 0 Å². The second-order valence-electron chi connectivity index (χ2n) is 8.31. The van der Waals surface area contributed by atoms with Crippen LogP contribution in [0.5, 0.6) is 0 Å². The summed E-state index contributed by atoms with van der Waals surface area (Å²) in [6, 6.07) is 27.7. The molecule has 1 fully saturated rings. The number of rotatable bonds is 3. The molecule has 1 unspecified atom stereocenters. The lowest BCUT2D eigenvalue weighted by molar-refractivity contribution is 0.538. The van der Waals surface area contributed by atoms with E-state index in [-0.39, 0.29) is 5.41 Å². The Morgan fingerprint density at radius 1 is 0.862 bits per heavy atom. The zero-order valence-electron chi connectivity index (χ0n) is 17.0. The molecule has 5 rings (SSSR count). The van der Waals surface area contributed by atoms with E-state index < -0.39 is 0 Å². The van der Waals surface area contributed by atoms with Gasteiger partial charge in [-0.15, -0.1) is 0 Å². The molecule has 1 aliphatic carbocycles. The van der Waals surface area contributed by atoms with Gasteiger partial charge < -0.3 is 4.57 Å². The van der Waals surface area contributed by atoms with Crippen LogP contribution in [0.3, 0.4) is 0 Å². The van der Waals surface area contributed by atoms with Gasteiger partial charge in [0, 0.05) is 29.7 Å². The average molecular weight is 376 g/mol. The number of aryl methyl sites for hydroxylation is 1. The highest BCUT2D eigenvalue weighted by Gasteiger charge is 2.43. The lowest BCUT2D eigenvalue weighted by Crippen LogP contribution is -2.22. The van der Waals surface area contributed by atoms with Crippen molar-refractivity contribution in [1.29, 1.82) is 0 Å². The highest BCUT2D eigenvalue weighted by molar-refractivity contribution is 5.86. The van der Waals surface area contributed by atoms with Crippen LogP contribution in [0.1, 0.15) is 30.9 Å². The molecule has 0 radical (unpaired) electrons. The van der Waals surface area contributed by atoms with Crippen molar-refractivity contribution in [1.82, 2.24) is 4.57 Å². The second kappa shape index (κ2) is 6.98. The molecule has 0 spiro atoms. The minimum atomic E-state index is -0.134. The monoisotopic (exact) mass is 375 g/mol. The van der Waals surface area contributed by atoms with Crippen molar-refractivity contribution in [2.24, 2.45) is 13.0 Å². The fourth-order valence-electron chi connectivity index (χ4n) is 4.46. The highest BCUT2D eigenvalue weighted by atomic mass is 14.9. The van der Waals surface area contributed by atoms with Crippen LogP contribution in [-0.2, 0) is 12.5 Å². The summed E-state index contributed by atoms with van der Waals surface area (Å²) in [6.45, 7) is 2.34. The van der Waals surface area contributed by atoms with E-state index in [2.05, 4.69) is 115 Å². The first kappa shape index (κ1) is 17.8. The summed E-state index contributed by atoms with van der Waals surface area (Å²) in [5.41, 5.74) is 6.03. The molecule has 0 bridgehead atoms. The van der Waals surface area contributed by atoms with Crippen LogP contribution in [-0.4, -0.2) is 4.57 Å². The van der Waals surface area contributed by atoms with Crippen molar-refractivity contribution in [3.63, 3.8) is 0 Å². The molecular weight excluding hydrogens is 350 g/mol. The molecule has 1 atom stereocenters. The van der Waals surface area contributed by atoms with Crippen molar-refractivity contribution in [2.75, 3.05) is 0 Å². The van der Waals surface area contributed by atoms with Crippen LogP contribution >= 0.6 is 0 Å². The molecule has 29 heavy (non-hydrogen) atoms. The Labute approximate surface area is 173 Å². The van der Waals surface area contributed by atoms with Crippen LogP contribution in [0, 0.1) is 17.8 Å². The van der Waals surface area contributed by atoms with Gasteiger partial charge in [0.15, 0.2) is 0 Å². The van der Waals surface area contributed by atoms with E-state index in [1.807, 2.05) is 0 Å². The number of benzene rings is 3. The van der Waals surface area contributed by atoms with Crippen LogP contribution in [0.4, 0.5) is 0 Å². The van der Waals surface area contributed by atoms with E-state index in [9.17, 15) is 0 Å². The minimum Gasteiger partial charge on any atom is -0.350 e. The molecule has 1 aliphatic rings. The normalized spacial score (nSPS) is 15.5. The topological polar surface area (TPSA) is 4.93 Å². The quantitative estimate of drug-likeness (QED) is 0.357. The molecule has 142 valence electrons. The minimum absolute atomic E-state index is 0.134. The summed E-state index contributed by atoms with van der Waals surface area (Å²) >= 11 is 0. The first-order chi connectivity index (χ1) is 14.2. The Bertz CT molecular complexity index is 1230. The molecule has 0 N–H and O–H groups in total. The van der Waals surface area contributed by atoms with Crippen molar-refractivity contribution in [3.8, 4) is 23.0 Å². The third kappa shape index (κ3) is 3.15. The van der Waals surface area contributed by atoms with E-state index in [1.165, 1.54) is 40.4 Å². The summed E-state index contributed by atoms with van der Waals surface area (Å²) in [4.78, 5) is 0. The van der Waals surface area contributed by atoms with Gasteiger partial charge in [0.25, 0.3) is 0 Å². The molecule has 0 saturated heterocycles. The number of hydrogen-bond acceptors (Lipinski definition) is 0. The SMILES string of the molecule is Cn1cc(C(C)(C#Cc2ccccc2-c2ccccc2)C2CC2)c2ccccc21. The van der Waals surface area contributed by atoms with Crippen molar-refractivity contribution >= 4 is 10.9 Å². The molecule has 1 heteroatoms. The van der Waals surface area contributed by atoms with Crippen molar-refractivity contribution in [3.05, 3.63) is 96.2 Å². The summed E-state index contributed by atoms with van der Waals surface area (Å²) in [5, 5.41) is 1.33. The maximum atomic E-state index is 3.74. The molecule has 4 aromatic rings. The fourth-order valence-corrected chi connectivity index (χ4v) is 4.46. The molecule has 0 aliphatic heterocycles. The Morgan fingerprint density at radius 3 is 2.34 bits per heavy atom. The first-order valence-electron chi connectivity index (χ1n) is 10.4. The van der Waals surface area contributed by atoms with Crippen molar-refractivity contribution in [2.45, 2.75) is 25.2 Å². The third-order valence-electron chi connectivity index (χ3n) is 6.32. The van der Waals surface area contributed by atoms with Crippen molar-refractivity contribution < 1.29 is 0 Å². The Balaban J connectivity index is 1.64. The smallest absolute Gasteiger partial charge is 0.0587 e. The zero-order chi connectivity index (χ0) is 19.8. The summed E-state index contributed by atoms with van der Waals surface area (Å²) in [5.74, 6) is 7.96. The van der Waals surface area contributed by atoms with E-state index in [0.717, 1.165) is 5.56 Å². The van der Waals surface area contributed by atoms with Gasteiger partial charge >= 0.3 is 0 Å². The zero-order valence-corrected chi connectivity index (χ0v) is 17.0. The standard InChI is InChI=1S/C28H25N/c1-28(23-16-17-23,26-20-29(2)27-15-9-8-14-25(26)27)19-18-22-12-6-7-13-24(22)21-10-4-3-5-11-21/h3-15,20,23H,16-17H2,1-2H3. The van der Waals surface area contributed by atoms with E-state index in [1.54, 1.807) is 0 Å². The number of nitrogens with zero attached hydrogens (tertiary/aromatic N) is 1.